The Hall–Kier alpha value is -3.33. The molecular formula is C22H25N3O3. The van der Waals surface area contributed by atoms with Crippen LogP contribution in [0.3, 0.4) is 0 Å². The minimum Gasteiger partial charge on any atom is -0.444 e. The van der Waals surface area contributed by atoms with Crippen molar-refractivity contribution in [3.8, 4) is 6.07 Å². The number of rotatable bonds is 6. The number of carbonyl (C=O) groups is 2. The lowest BCUT2D eigenvalue weighted by molar-refractivity contribution is 0.0635. The number of ether oxygens (including phenoxy) is 1. The van der Waals surface area contributed by atoms with Crippen LogP contribution in [0.2, 0.25) is 0 Å². The molecule has 0 radical (unpaired) electrons. The molecule has 6 heteroatoms. The summed E-state index contributed by atoms with van der Waals surface area (Å²) in [6, 6.07) is 16.2. The smallest absolute Gasteiger partial charge is 0.412 e. The van der Waals surface area contributed by atoms with Gasteiger partial charge in [-0.05, 0) is 69.5 Å². The number of aryl methyl sites for hydroxylation is 1. The Balaban J connectivity index is 1.75. The van der Waals surface area contributed by atoms with Gasteiger partial charge >= 0.3 is 6.09 Å². The summed E-state index contributed by atoms with van der Waals surface area (Å²) in [7, 11) is 0. The predicted octanol–water partition coefficient (Wildman–Crippen LogP) is 4.27. The van der Waals surface area contributed by atoms with E-state index in [0.717, 1.165) is 18.4 Å². The summed E-state index contributed by atoms with van der Waals surface area (Å²) >= 11 is 0. The van der Waals surface area contributed by atoms with Crippen molar-refractivity contribution >= 4 is 17.7 Å². The van der Waals surface area contributed by atoms with E-state index in [9.17, 15) is 9.59 Å². The number of carbonyl (C=O) groups excluding carboxylic acids is 2. The van der Waals surface area contributed by atoms with Crippen molar-refractivity contribution < 1.29 is 14.3 Å². The monoisotopic (exact) mass is 379 g/mol. The van der Waals surface area contributed by atoms with Crippen LogP contribution in [0.5, 0.6) is 0 Å². The topological polar surface area (TPSA) is 91.2 Å². The van der Waals surface area contributed by atoms with E-state index in [2.05, 4.69) is 10.6 Å². The maximum Gasteiger partial charge on any atom is 0.412 e. The molecule has 146 valence electrons. The summed E-state index contributed by atoms with van der Waals surface area (Å²) in [6.45, 7) is 5.98. The third-order valence-corrected chi connectivity index (χ3v) is 3.78. The van der Waals surface area contributed by atoms with Crippen LogP contribution in [0.25, 0.3) is 0 Å². The molecule has 0 aliphatic rings. The van der Waals surface area contributed by atoms with E-state index in [4.69, 9.17) is 10.00 Å². The van der Waals surface area contributed by atoms with Gasteiger partial charge in [-0.15, -0.1) is 0 Å². The second kappa shape index (κ2) is 9.56. The summed E-state index contributed by atoms with van der Waals surface area (Å²) in [4.78, 5) is 23.9. The van der Waals surface area contributed by atoms with Crippen LogP contribution in [0, 0.1) is 11.3 Å². The van der Waals surface area contributed by atoms with Crippen molar-refractivity contribution in [3.05, 3.63) is 65.2 Å². The van der Waals surface area contributed by atoms with Gasteiger partial charge in [0.15, 0.2) is 0 Å². The summed E-state index contributed by atoms with van der Waals surface area (Å²) in [5.74, 6) is -0.186. The molecule has 6 nitrogen and oxygen atoms in total. The second-order valence-corrected chi connectivity index (χ2v) is 7.38. The van der Waals surface area contributed by atoms with Gasteiger partial charge in [0.1, 0.15) is 5.60 Å². The molecule has 0 bridgehead atoms. The fourth-order valence-electron chi connectivity index (χ4n) is 2.50. The highest BCUT2D eigenvalue weighted by Gasteiger charge is 2.16. The van der Waals surface area contributed by atoms with Crippen molar-refractivity contribution in [2.75, 3.05) is 11.9 Å². The number of amides is 2. The van der Waals surface area contributed by atoms with Gasteiger partial charge in [-0.1, -0.05) is 18.2 Å². The number of anilines is 1. The van der Waals surface area contributed by atoms with Gasteiger partial charge in [0.2, 0.25) is 0 Å². The average molecular weight is 379 g/mol. The molecule has 0 saturated carbocycles. The van der Waals surface area contributed by atoms with Crippen LogP contribution in [-0.4, -0.2) is 24.1 Å². The molecular weight excluding hydrogens is 354 g/mol. The van der Waals surface area contributed by atoms with E-state index in [1.54, 1.807) is 24.3 Å². The molecule has 2 N–H and O–H groups in total. The highest BCUT2D eigenvalue weighted by molar-refractivity contribution is 5.94. The SMILES string of the molecule is CC(C)(C)OC(=O)Nc1ccc(CCCNC(=O)c2cccc(C#N)c2)cc1. The molecule has 2 rings (SSSR count). The van der Waals surface area contributed by atoms with Gasteiger partial charge in [-0.25, -0.2) is 4.79 Å². The minimum absolute atomic E-state index is 0.186. The molecule has 28 heavy (non-hydrogen) atoms. The Labute approximate surface area is 165 Å². The maximum atomic E-state index is 12.1. The highest BCUT2D eigenvalue weighted by atomic mass is 16.6. The third-order valence-electron chi connectivity index (χ3n) is 3.78. The van der Waals surface area contributed by atoms with Crippen molar-refractivity contribution in [3.63, 3.8) is 0 Å². The maximum absolute atomic E-state index is 12.1. The van der Waals surface area contributed by atoms with E-state index in [1.165, 1.54) is 0 Å². The van der Waals surface area contributed by atoms with Crippen LogP contribution in [-0.2, 0) is 11.2 Å². The fraction of sp³-hybridized carbons (Fsp3) is 0.318. The zero-order valence-electron chi connectivity index (χ0n) is 16.4. The van der Waals surface area contributed by atoms with Crippen LogP contribution < -0.4 is 10.6 Å². The number of hydrogen-bond acceptors (Lipinski definition) is 4. The van der Waals surface area contributed by atoms with E-state index >= 15 is 0 Å². The molecule has 0 unspecified atom stereocenters. The van der Waals surface area contributed by atoms with Crippen LogP contribution in [0.1, 0.15) is 48.7 Å². The van der Waals surface area contributed by atoms with Crippen molar-refractivity contribution in [2.24, 2.45) is 0 Å². The number of nitrogens with one attached hydrogen (secondary N) is 2. The van der Waals surface area contributed by atoms with Crippen LogP contribution in [0.15, 0.2) is 48.5 Å². The van der Waals surface area contributed by atoms with Crippen molar-refractivity contribution in [1.82, 2.24) is 5.32 Å². The predicted molar refractivity (Wildman–Crippen MR) is 108 cm³/mol. The average Bonchev–Trinajstić information content (AvgIpc) is 2.65. The molecule has 0 aliphatic carbocycles. The molecule has 0 fully saturated rings. The Bertz CT molecular complexity index is 862. The van der Waals surface area contributed by atoms with E-state index in [-0.39, 0.29) is 5.91 Å². The van der Waals surface area contributed by atoms with Gasteiger partial charge in [0, 0.05) is 17.8 Å². The summed E-state index contributed by atoms with van der Waals surface area (Å²) in [6.07, 6.45) is 1.09. The quantitative estimate of drug-likeness (QED) is 0.733. The lowest BCUT2D eigenvalue weighted by atomic mass is 10.1. The Kier molecular flexibility index (Phi) is 7.16. The van der Waals surface area contributed by atoms with E-state index < -0.39 is 11.7 Å². The molecule has 2 aromatic rings. The van der Waals surface area contributed by atoms with Crippen molar-refractivity contribution in [1.29, 1.82) is 5.26 Å². The largest absolute Gasteiger partial charge is 0.444 e. The van der Waals surface area contributed by atoms with Gasteiger partial charge in [0.25, 0.3) is 5.91 Å². The molecule has 0 spiro atoms. The first-order valence-electron chi connectivity index (χ1n) is 9.14. The van der Waals surface area contributed by atoms with Gasteiger partial charge in [-0.3, -0.25) is 10.1 Å². The summed E-state index contributed by atoms with van der Waals surface area (Å²) in [5.41, 5.74) is 2.19. The number of hydrogen-bond donors (Lipinski definition) is 2. The van der Waals surface area contributed by atoms with Crippen LogP contribution >= 0.6 is 0 Å². The summed E-state index contributed by atoms with van der Waals surface area (Å²) < 4.78 is 5.22. The zero-order chi connectivity index (χ0) is 20.6. The Morgan fingerprint density at radius 2 is 1.82 bits per heavy atom. The molecule has 2 amide bonds. The summed E-state index contributed by atoms with van der Waals surface area (Å²) in [5, 5.41) is 14.4. The van der Waals surface area contributed by atoms with Gasteiger partial charge in [-0.2, -0.15) is 5.26 Å². The second-order valence-electron chi connectivity index (χ2n) is 7.38. The number of nitriles is 1. The van der Waals surface area contributed by atoms with Crippen molar-refractivity contribution in [2.45, 2.75) is 39.2 Å². The van der Waals surface area contributed by atoms with E-state index in [1.807, 2.05) is 51.1 Å². The molecule has 0 aliphatic heterocycles. The first-order valence-corrected chi connectivity index (χ1v) is 9.14. The molecule has 0 heterocycles. The standard InChI is InChI=1S/C22H25N3O3/c1-22(2,3)28-21(27)25-19-11-9-16(10-12-19)7-5-13-24-20(26)18-8-4-6-17(14-18)15-23/h4,6,8-12,14H,5,7,13H2,1-3H3,(H,24,26)(H,25,27). The van der Waals surface area contributed by atoms with Crippen LogP contribution in [0.4, 0.5) is 10.5 Å². The minimum atomic E-state index is -0.537. The third kappa shape index (κ3) is 7.12. The van der Waals surface area contributed by atoms with Gasteiger partial charge < -0.3 is 10.1 Å². The Morgan fingerprint density at radius 1 is 1.11 bits per heavy atom. The first kappa shape index (κ1) is 21.0. The molecule has 0 aromatic heterocycles. The zero-order valence-corrected chi connectivity index (χ0v) is 16.4. The Morgan fingerprint density at radius 3 is 2.46 bits per heavy atom. The highest BCUT2D eigenvalue weighted by Crippen LogP contribution is 2.14. The molecule has 2 aromatic carbocycles. The van der Waals surface area contributed by atoms with E-state index in [0.29, 0.717) is 23.4 Å². The molecule has 0 atom stereocenters. The number of nitrogens with zero attached hydrogens (tertiary/aromatic N) is 1. The lowest BCUT2D eigenvalue weighted by Gasteiger charge is -2.19. The lowest BCUT2D eigenvalue weighted by Crippen LogP contribution is -2.27. The number of benzene rings is 2. The van der Waals surface area contributed by atoms with Gasteiger partial charge in [0.05, 0.1) is 11.6 Å². The first-order chi connectivity index (χ1) is 13.3. The fourth-order valence-corrected chi connectivity index (χ4v) is 2.50. The normalized spacial score (nSPS) is 10.6. The molecule has 0 saturated heterocycles.